The predicted molar refractivity (Wildman–Crippen MR) is 77.5 cm³/mol. The Morgan fingerprint density at radius 3 is 2.72 bits per heavy atom. The number of pyridine rings is 1. The second kappa shape index (κ2) is 8.22. The van der Waals surface area contributed by atoms with Gasteiger partial charge in [-0.2, -0.15) is 0 Å². The molecule has 1 aromatic rings. The molecule has 0 aliphatic rings. The Morgan fingerprint density at radius 1 is 1.39 bits per heavy atom. The van der Waals surface area contributed by atoms with Crippen molar-refractivity contribution < 1.29 is 0 Å². The van der Waals surface area contributed by atoms with Crippen molar-refractivity contribution in [1.29, 1.82) is 0 Å². The van der Waals surface area contributed by atoms with E-state index in [9.17, 15) is 0 Å². The highest BCUT2D eigenvalue weighted by atomic mass is 15.2. The third-order valence-electron chi connectivity index (χ3n) is 3.53. The van der Waals surface area contributed by atoms with Gasteiger partial charge in [-0.15, -0.1) is 0 Å². The lowest BCUT2D eigenvalue weighted by Crippen LogP contribution is -2.46. The maximum absolute atomic E-state index is 4.17. The third-order valence-corrected chi connectivity index (χ3v) is 3.53. The summed E-state index contributed by atoms with van der Waals surface area (Å²) in [6.45, 7) is 8.82. The molecule has 18 heavy (non-hydrogen) atoms. The average molecular weight is 249 g/mol. The summed E-state index contributed by atoms with van der Waals surface area (Å²) in [5.74, 6) is 0. The van der Waals surface area contributed by atoms with Crippen LogP contribution in [0.1, 0.15) is 39.2 Å². The minimum Gasteiger partial charge on any atom is -0.312 e. The van der Waals surface area contributed by atoms with E-state index < -0.39 is 0 Å². The monoisotopic (exact) mass is 249 g/mol. The maximum Gasteiger partial charge on any atom is 0.0312 e. The standard InChI is InChI=1S/C15H27N3/c1-5-9-17-15(6-2)13(3)18(4)12-14-8-7-10-16-11-14/h7-8,10-11,13,15,17H,5-6,9,12H2,1-4H3. The second-order valence-corrected chi connectivity index (χ2v) is 4.99. The first kappa shape index (κ1) is 15.1. The van der Waals surface area contributed by atoms with Gasteiger partial charge in [0.25, 0.3) is 0 Å². The largest absolute Gasteiger partial charge is 0.312 e. The lowest BCUT2D eigenvalue weighted by atomic mass is 10.1. The van der Waals surface area contributed by atoms with Crippen LogP contribution in [0.2, 0.25) is 0 Å². The molecule has 2 atom stereocenters. The number of likely N-dealkylation sites (N-methyl/N-ethyl adjacent to an activating group) is 1. The summed E-state index contributed by atoms with van der Waals surface area (Å²) in [7, 11) is 2.19. The van der Waals surface area contributed by atoms with Crippen molar-refractivity contribution in [3.63, 3.8) is 0 Å². The van der Waals surface area contributed by atoms with Crippen LogP contribution in [0, 0.1) is 0 Å². The van der Waals surface area contributed by atoms with Crippen LogP contribution >= 0.6 is 0 Å². The van der Waals surface area contributed by atoms with E-state index >= 15 is 0 Å². The van der Waals surface area contributed by atoms with E-state index in [4.69, 9.17) is 0 Å². The molecule has 0 aliphatic heterocycles. The van der Waals surface area contributed by atoms with Gasteiger partial charge in [-0.3, -0.25) is 9.88 Å². The van der Waals surface area contributed by atoms with Crippen LogP contribution in [0.3, 0.4) is 0 Å². The van der Waals surface area contributed by atoms with Crippen molar-refractivity contribution in [1.82, 2.24) is 15.2 Å². The molecule has 0 aliphatic carbocycles. The second-order valence-electron chi connectivity index (χ2n) is 4.99. The molecule has 0 fully saturated rings. The normalized spacial score (nSPS) is 14.7. The molecule has 3 nitrogen and oxygen atoms in total. The van der Waals surface area contributed by atoms with Gasteiger partial charge in [0.15, 0.2) is 0 Å². The Labute approximate surface area is 112 Å². The zero-order valence-electron chi connectivity index (χ0n) is 12.2. The maximum atomic E-state index is 4.17. The van der Waals surface area contributed by atoms with E-state index in [1.807, 2.05) is 18.5 Å². The molecule has 0 aromatic carbocycles. The van der Waals surface area contributed by atoms with Crippen LogP contribution in [0.5, 0.6) is 0 Å². The molecule has 1 rings (SSSR count). The first-order valence-corrected chi connectivity index (χ1v) is 7.01. The van der Waals surface area contributed by atoms with Gasteiger partial charge in [0, 0.05) is 31.0 Å². The molecular formula is C15H27N3. The summed E-state index contributed by atoms with van der Waals surface area (Å²) in [4.78, 5) is 6.57. The number of nitrogens with one attached hydrogen (secondary N) is 1. The summed E-state index contributed by atoms with van der Waals surface area (Å²) >= 11 is 0. The molecule has 1 heterocycles. The number of aromatic nitrogens is 1. The van der Waals surface area contributed by atoms with Crippen molar-refractivity contribution in [2.24, 2.45) is 0 Å². The number of hydrogen-bond acceptors (Lipinski definition) is 3. The first-order valence-electron chi connectivity index (χ1n) is 7.01. The van der Waals surface area contributed by atoms with Crippen molar-refractivity contribution in [3.8, 4) is 0 Å². The van der Waals surface area contributed by atoms with E-state index in [0.717, 1.165) is 13.1 Å². The minimum atomic E-state index is 0.529. The highest BCUT2D eigenvalue weighted by molar-refractivity contribution is 5.08. The van der Waals surface area contributed by atoms with Gasteiger partial charge in [0.05, 0.1) is 0 Å². The van der Waals surface area contributed by atoms with Crippen LogP contribution in [0.4, 0.5) is 0 Å². The van der Waals surface area contributed by atoms with Crippen LogP contribution in [0.25, 0.3) is 0 Å². The molecule has 0 spiro atoms. The van der Waals surface area contributed by atoms with E-state index in [0.29, 0.717) is 12.1 Å². The topological polar surface area (TPSA) is 28.2 Å². The van der Waals surface area contributed by atoms with Crippen LogP contribution in [0.15, 0.2) is 24.5 Å². The molecule has 0 saturated carbocycles. The van der Waals surface area contributed by atoms with Crippen LogP contribution < -0.4 is 5.32 Å². The minimum absolute atomic E-state index is 0.529. The van der Waals surface area contributed by atoms with Crippen molar-refractivity contribution in [2.45, 2.75) is 52.2 Å². The fraction of sp³-hybridized carbons (Fsp3) is 0.667. The Morgan fingerprint density at radius 2 is 2.17 bits per heavy atom. The Hall–Kier alpha value is -0.930. The molecule has 0 amide bonds. The highest BCUT2D eigenvalue weighted by Crippen LogP contribution is 2.10. The Balaban J connectivity index is 2.51. The van der Waals surface area contributed by atoms with Crippen LogP contribution in [-0.4, -0.2) is 35.6 Å². The molecular weight excluding hydrogens is 222 g/mol. The van der Waals surface area contributed by atoms with E-state index in [1.165, 1.54) is 18.4 Å². The Kier molecular flexibility index (Phi) is 6.91. The fourth-order valence-electron chi connectivity index (χ4n) is 2.22. The summed E-state index contributed by atoms with van der Waals surface area (Å²) in [5, 5.41) is 3.63. The summed E-state index contributed by atoms with van der Waals surface area (Å²) in [6, 6.07) is 5.23. The van der Waals surface area contributed by atoms with Gasteiger partial charge in [-0.25, -0.2) is 0 Å². The van der Waals surface area contributed by atoms with Crippen LogP contribution in [-0.2, 0) is 6.54 Å². The number of nitrogens with zero attached hydrogens (tertiary/aromatic N) is 2. The zero-order chi connectivity index (χ0) is 13.4. The Bertz CT molecular complexity index is 313. The molecule has 2 unspecified atom stereocenters. The lowest BCUT2D eigenvalue weighted by molar-refractivity contribution is 0.195. The fourth-order valence-corrected chi connectivity index (χ4v) is 2.22. The SMILES string of the molecule is CCCNC(CC)C(C)N(C)Cc1cccnc1. The molecule has 0 bridgehead atoms. The molecule has 0 saturated heterocycles. The summed E-state index contributed by atoms with van der Waals surface area (Å²) in [6.07, 6.45) is 6.13. The average Bonchev–Trinajstić information content (AvgIpc) is 2.40. The van der Waals surface area contributed by atoms with Crippen molar-refractivity contribution in [3.05, 3.63) is 30.1 Å². The first-order chi connectivity index (χ1) is 8.69. The van der Waals surface area contributed by atoms with Gasteiger partial charge in [-0.05, 0) is 45.0 Å². The van der Waals surface area contributed by atoms with Gasteiger partial charge < -0.3 is 5.32 Å². The molecule has 1 aromatic heterocycles. The number of rotatable bonds is 8. The quantitative estimate of drug-likeness (QED) is 0.768. The lowest BCUT2D eigenvalue weighted by Gasteiger charge is -2.32. The smallest absolute Gasteiger partial charge is 0.0312 e. The number of hydrogen-bond donors (Lipinski definition) is 1. The third kappa shape index (κ3) is 4.75. The van der Waals surface area contributed by atoms with Gasteiger partial charge in [-0.1, -0.05) is 19.9 Å². The van der Waals surface area contributed by atoms with Gasteiger partial charge in [0.2, 0.25) is 0 Å². The van der Waals surface area contributed by atoms with E-state index in [1.54, 1.807) is 0 Å². The summed E-state index contributed by atoms with van der Waals surface area (Å²) in [5.41, 5.74) is 1.28. The molecule has 1 N–H and O–H groups in total. The predicted octanol–water partition coefficient (Wildman–Crippen LogP) is 2.68. The van der Waals surface area contributed by atoms with Gasteiger partial charge in [0.1, 0.15) is 0 Å². The molecule has 102 valence electrons. The highest BCUT2D eigenvalue weighted by Gasteiger charge is 2.18. The zero-order valence-corrected chi connectivity index (χ0v) is 12.2. The molecule has 0 radical (unpaired) electrons. The van der Waals surface area contributed by atoms with Crippen molar-refractivity contribution >= 4 is 0 Å². The van der Waals surface area contributed by atoms with E-state index in [2.05, 4.69) is 49.1 Å². The summed E-state index contributed by atoms with van der Waals surface area (Å²) < 4.78 is 0. The van der Waals surface area contributed by atoms with Crippen molar-refractivity contribution in [2.75, 3.05) is 13.6 Å². The molecule has 3 heteroatoms. The van der Waals surface area contributed by atoms with E-state index in [-0.39, 0.29) is 0 Å². The van der Waals surface area contributed by atoms with Gasteiger partial charge >= 0.3 is 0 Å².